The van der Waals surface area contributed by atoms with E-state index >= 15 is 0 Å². The summed E-state index contributed by atoms with van der Waals surface area (Å²) in [4.78, 5) is 1.21. The Morgan fingerprint density at radius 1 is 1.64 bits per heavy atom. The van der Waals surface area contributed by atoms with E-state index in [4.69, 9.17) is 12.2 Å². The molecule has 0 saturated heterocycles. The zero-order chi connectivity index (χ0) is 10.1. The summed E-state index contributed by atoms with van der Waals surface area (Å²) in [5, 5.41) is 9.11. The summed E-state index contributed by atoms with van der Waals surface area (Å²) in [5.74, 6) is 0.932. The van der Waals surface area contributed by atoms with Gasteiger partial charge in [0.25, 0.3) is 0 Å². The first kappa shape index (κ1) is 9.61. The highest BCUT2D eigenvalue weighted by atomic mass is 32.1. The second-order valence-electron chi connectivity index (χ2n) is 3.04. The fourth-order valence-electron chi connectivity index (χ4n) is 1.36. The molecular weight excluding hydrogens is 214 g/mol. The lowest BCUT2D eigenvalue weighted by atomic mass is 10.2. The quantitative estimate of drug-likeness (QED) is 0.797. The van der Waals surface area contributed by atoms with Crippen LogP contribution in [-0.4, -0.2) is 14.8 Å². The predicted octanol–water partition coefficient (Wildman–Crippen LogP) is 2.77. The van der Waals surface area contributed by atoms with E-state index in [1.807, 2.05) is 11.6 Å². The molecule has 1 N–H and O–H groups in total. The molecule has 2 heterocycles. The largest absolute Gasteiger partial charge is 0.303 e. The monoisotopic (exact) mass is 225 g/mol. The summed E-state index contributed by atoms with van der Waals surface area (Å²) in [7, 11) is 1.93. The van der Waals surface area contributed by atoms with Gasteiger partial charge in [0.15, 0.2) is 10.6 Å². The third-order valence-corrected chi connectivity index (χ3v) is 3.53. The molecule has 3 nitrogen and oxygen atoms in total. The summed E-state index contributed by atoms with van der Waals surface area (Å²) in [6, 6.07) is 2.14. The normalized spacial score (nSPS) is 10.7. The minimum absolute atomic E-state index is 0.662. The van der Waals surface area contributed by atoms with Crippen LogP contribution in [-0.2, 0) is 13.5 Å². The van der Waals surface area contributed by atoms with Gasteiger partial charge in [-0.15, -0.1) is 11.3 Å². The van der Waals surface area contributed by atoms with Crippen LogP contribution in [0.25, 0.3) is 10.7 Å². The molecule has 2 rings (SSSR count). The first-order chi connectivity index (χ1) is 6.74. The Hall–Kier alpha value is -0.940. The van der Waals surface area contributed by atoms with Crippen LogP contribution in [0, 0.1) is 4.77 Å². The average Bonchev–Trinajstić information content (AvgIpc) is 2.75. The Morgan fingerprint density at radius 3 is 3.00 bits per heavy atom. The van der Waals surface area contributed by atoms with Crippen molar-refractivity contribution in [1.82, 2.24) is 14.8 Å². The minimum atomic E-state index is 0.662. The van der Waals surface area contributed by atoms with E-state index in [0.29, 0.717) is 4.77 Å². The molecule has 0 atom stereocenters. The van der Waals surface area contributed by atoms with Crippen molar-refractivity contribution in [3.8, 4) is 10.7 Å². The molecule has 0 aliphatic rings. The fourth-order valence-corrected chi connectivity index (χ4v) is 2.51. The Bertz CT molecular complexity index is 492. The first-order valence-electron chi connectivity index (χ1n) is 4.42. The summed E-state index contributed by atoms with van der Waals surface area (Å²) in [6.45, 7) is 2.15. The second kappa shape index (κ2) is 3.67. The van der Waals surface area contributed by atoms with Crippen molar-refractivity contribution in [1.29, 1.82) is 0 Å². The molecule has 74 valence electrons. The number of aryl methyl sites for hydroxylation is 1. The van der Waals surface area contributed by atoms with Crippen LogP contribution in [0.5, 0.6) is 0 Å². The van der Waals surface area contributed by atoms with Gasteiger partial charge in [-0.2, -0.15) is 5.10 Å². The standard InChI is InChI=1S/C9H11N3S2/c1-3-6-4-5-14-7(6)8-10-11-9(13)12(8)2/h4-5H,3H2,1-2H3,(H,11,13). The Morgan fingerprint density at radius 2 is 2.43 bits per heavy atom. The van der Waals surface area contributed by atoms with Gasteiger partial charge in [0, 0.05) is 7.05 Å². The molecule has 0 fully saturated rings. The van der Waals surface area contributed by atoms with E-state index in [0.717, 1.165) is 12.2 Å². The van der Waals surface area contributed by atoms with Crippen LogP contribution in [0.4, 0.5) is 0 Å². The molecule has 0 unspecified atom stereocenters. The van der Waals surface area contributed by atoms with Gasteiger partial charge in [-0.1, -0.05) is 6.92 Å². The number of thiophene rings is 1. The van der Waals surface area contributed by atoms with Gasteiger partial charge in [-0.3, -0.25) is 5.10 Å². The molecule has 0 radical (unpaired) electrons. The summed E-state index contributed by atoms with van der Waals surface area (Å²) in [6.07, 6.45) is 1.03. The summed E-state index contributed by atoms with van der Waals surface area (Å²) < 4.78 is 2.57. The number of H-pyrrole nitrogens is 1. The summed E-state index contributed by atoms with van der Waals surface area (Å²) >= 11 is 6.78. The number of aromatic nitrogens is 3. The average molecular weight is 225 g/mol. The highest BCUT2D eigenvalue weighted by molar-refractivity contribution is 7.71. The maximum Gasteiger partial charge on any atom is 0.195 e. The van der Waals surface area contributed by atoms with E-state index in [2.05, 4.69) is 28.6 Å². The highest BCUT2D eigenvalue weighted by Crippen LogP contribution is 2.27. The number of aromatic amines is 1. The lowest BCUT2D eigenvalue weighted by molar-refractivity contribution is 0.902. The third kappa shape index (κ3) is 1.42. The van der Waals surface area contributed by atoms with Crippen LogP contribution in [0.3, 0.4) is 0 Å². The minimum Gasteiger partial charge on any atom is -0.303 e. The van der Waals surface area contributed by atoms with Gasteiger partial charge < -0.3 is 4.57 Å². The number of rotatable bonds is 2. The SMILES string of the molecule is CCc1ccsc1-c1n[nH]c(=S)n1C. The van der Waals surface area contributed by atoms with Crippen molar-refractivity contribution in [3.05, 3.63) is 21.8 Å². The van der Waals surface area contributed by atoms with Crippen molar-refractivity contribution in [2.24, 2.45) is 7.05 Å². The van der Waals surface area contributed by atoms with E-state index in [1.54, 1.807) is 11.3 Å². The smallest absolute Gasteiger partial charge is 0.195 e. The van der Waals surface area contributed by atoms with Crippen molar-refractivity contribution in [2.45, 2.75) is 13.3 Å². The van der Waals surface area contributed by atoms with Gasteiger partial charge in [0.05, 0.1) is 4.88 Å². The highest BCUT2D eigenvalue weighted by Gasteiger charge is 2.10. The van der Waals surface area contributed by atoms with Crippen molar-refractivity contribution in [3.63, 3.8) is 0 Å². The molecular formula is C9H11N3S2. The van der Waals surface area contributed by atoms with Crippen LogP contribution in [0.15, 0.2) is 11.4 Å². The van der Waals surface area contributed by atoms with Crippen LogP contribution in [0.1, 0.15) is 12.5 Å². The zero-order valence-electron chi connectivity index (χ0n) is 8.07. The maximum absolute atomic E-state index is 5.08. The van der Waals surface area contributed by atoms with Crippen molar-refractivity contribution < 1.29 is 0 Å². The van der Waals surface area contributed by atoms with E-state index < -0.39 is 0 Å². The Balaban J connectivity index is 2.60. The van der Waals surface area contributed by atoms with E-state index in [1.165, 1.54) is 10.4 Å². The van der Waals surface area contributed by atoms with Crippen molar-refractivity contribution in [2.75, 3.05) is 0 Å². The molecule has 0 saturated carbocycles. The van der Waals surface area contributed by atoms with Gasteiger partial charge >= 0.3 is 0 Å². The third-order valence-electron chi connectivity index (χ3n) is 2.21. The van der Waals surface area contributed by atoms with Crippen LogP contribution >= 0.6 is 23.6 Å². The number of nitrogens with zero attached hydrogens (tertiary/aromatic N) is 2. The van der Waals surface area contributed by atoms with E-state index in [9.17, 15) is 0 Å². The predicted molar refractivity (Wildman–Crippen MR) is 61.1 cm³/mol. The topological polar surface area (TPSA) is 33.6 Å². The second-order valence-corrected chi connectivity index (χ2v) is 4.34. The van der Waals surface area contributed by atoms with Gasteiger partial charge in [-0.05, 0) is 35.6 Å². The number of hydrogen-bond acceptors (Lipinski definition) is 3. The first-order valence-corrected chi connectivity index (χ1v) is 5.71. The summed E-state index contributed by atoms with van der Waals surface area (Å²) in [5.41, 5.74) is 1.33. The zero-order valence-corrected chi connectivity index (χ0v) is 9.71. The number of hydrogen-bond donors (Lipinski definition) is 1. The maximum atomic E-state index is 5.08. The Labute approximate surface area is 91.4 Å². The molecule has 0 bridgehead atoms. The molecule has 0 aliphatic carbocycles. The van der Waals surface area contributed by atoms with E-state index in [-0.39, 0.29) is 0 Å². The lowest BCUT2D eigenvalue weighted by Gasteiger charge is -1.99. The molecule has 2 aromatic heterocycles. The molecule has 5 heteroatoms. The molecule has 2 aromatic rings. The van der Waals surface area contributed by atoms with Crippen molar-refractivity contribution >= 4 is 23.6 Å². The molecule has 0 aliphatic heterocycles. The fraction of sp³-hybridized carbons (Fsp3) is 0.333. The number of nitrogens with one attached hydrogen (secondary N) is 1. The molecule has 14 heavy (non-hydrogen) atoms. The van der Waals surface area contributed by atoms with Crippen LogP contribution < -0.4 is 0 Å². The Kier molecular flexibility index (Phi) is 2.52. The van der Waals surface area contributed by atoms with Crippen LogP contribution in [0.2, 0.25) is 0 Å². The molecule has 0 aromatic carbocycles. The van der Waals surface area contributed by atoms with Gasteiger partial charge in [0.2, 0.25) is 0 Å². The lowest BCUT2D eigenvalue weighted by Crippen LogP contribution is -1.92. The molecule has 0 amide bonds. The van der Waals surface area contributed by atoms with Gasteiger partial charge in [-0.25, -0.2) is 0 Å². The molecule has 0 spiro atoms. The van der Waals surface area contributed by atoms with Gasteiger partial charge in [0.1, 0.15) is 0 Å².